The lowest BCUT2D eigenvalue weighted by atomic mass is 10.2. The molecule has 0 radical (unpaired) electrons. The molecule has 12 heteroatoms. The zero-order chi connectivity index (χ0) is 25.2. The van der Waals surface area contributed by atoms with Crippen LogP contribution in [0.3, 0.4) is 0 Å². The molecule has 2 saturated heterocycles. The Kier molecular flexibility index (Phi) is 19.5. The molecule has 0 saturated carbocycles. The number of rotatable bonds is 0. The van der Waals surface area contributed by atoms with Crippen molar-refractivity contribution in [3.05, 3.63) is 0 Å². The predicted molar refractivity (Wildman–Crippen MR) is 115 cm³/mol. The van der Waals surface area contributed by atoms with E-state index in [2.05, 4.69) is 5.32 Å². The normalized spacial score (nSPS) is 21.7. The summed E-state index contributed by atoms with van der Waals surface area (Å²) in [5.74, 6) is 0. The highest BCUT2D eigenvalue weighted by Crippen LogP contribution is 2.11. The number of aldehydes is 1. The smallest absolute Gasteiger partial charge is 0.444 e. The van der Waals surface area contributed by atoms with Crippen molar-refractivity contribution in [2.24, 2.45) is 0 Å². The van der Waals surface area contributed by atoms with Gasteiger partial charge in [0.2, 0.25) is 6.29 Å². The van der Waals surface area contributed by atoms with E-state index >= 15 is 0 Å². The van der Waals surface area contributed by atoms with E-state index < -0.39 is 30.3 Å². The first kappa shape index (κ1) is 32.7. The van der Waals surface area contributed by atoms with Crippen molar-refractivity contribution in [3.63, 3.8) is 0 Å². The second kappa shape index (κ2) is 19.0. The maximum Gasteiger partial charge on any atom is 0.446 e. The summed E-state index contributed by atoms with van der Waals surface area (Å²) in [7, 11) is 0. The molecule has 2 unspecified atom stereocenters. The monoisotopic (exact) mass is 479 g/mol. The van der Waals surface area contributed by atoms with Crippen LogP contribution in [-0.2, 0) is 19.0 Å². The Hall–Kier alpha value is -1.47. The van der Waals surface area contributed by atoms with Crippen molar-refractivity contribution in [2.45, 2.75) is 66.0 Å². The third-order valence-corrected chi connectivity index (χ3v) is 3.15. The molecule has 0 aliphatic carbocycles. The van der Waals surface area contributed by atoms with Crippen LogP contribution in [0.15, 0.2) is 0 Å². The minimum Gasteiger partial charge on any atom is -0.444 e. The van der Waals surface area contributed by atoms with Gasteiger partial charge >= 0.3 is 12.3 Å². The molecule has 1 amide bonds. The van der Waals surface area contributed by atoms with Crippen LogP contribution in [0.1, 0.15) is 43.4 Å². The molecule has 0 aromatic heterocycles. The lowest BCUT2D eigenvalue weighted by molar-refractivity contribution is -0.156. The number of ether oxygens (including phenoxy) is 3. The van der Waals surface area contributed by atoms with Crippen LogP contribution >= 0.6 is 0 Å². The lowest BCUT2D eigenvalue weighted by Gasteiger charge is -2.26. The molecule has 0 aromatic carbocycles. The number of carbonyl (C=O) groups excluding carboxylic acids is 2. The van der Waals surface area contributed by atoms with Crippen molar-refractivity contribution in [1.82, 2.24) is 10.2 Å². The Morgan fingerprint density at radius 1 is 1.19 bits per heavy atom. The highest BCUT2D eigenvalue weighted by molar-refractivity contribution is 5.68. The molecular formula is C20H41F3N2O7. The summed E-state index contributed by atoms with van der Waals surface area (Å²) in [5, 5.41) is 21.4. The zero-order valence-corrected chi connectivity index (χ0v) is 18.6. The largest absolute Gasteiger partial charge is 0.446 e. The van der Waals surface area contributed by atoms with Gasteiger partial charge in [-0.1, -0.05) is 21.3 Å². The zero-order valence-electron chi connectivity index (χ0n) is 19.6. The van der Waals surface area contributed by atoms with E-state index in [0.29, 0.717) is 33.2 Å². The molecule has 2 fully saturated rings. The highest BCUT2D eigenvalue weighted by atomic mass is 19.4. The first-order chi connectivity index (χ1) is 14.8. The number of aliphatic hydroxyl groups excluding tert-OH is 2. The fourth-order valence-electron chi connectivity index (χ4n) is 1.98. The van der Waals surface area contributed by atoms with Crippen molar-refractivity contribution in [1.29, 1.82) is 0 Å². The maximum atomic E-state index is 11.6. The van der Waals surface area contributed by atoms with Crippen molar-refractivity contribution >= 4 is 12.4 Å². The van der Waals surface area contributed by atoms with E-state index in [1.54, 1.807) is 6.92 Å². The second-order valence-corrected chi connectivity index (χ2v) is 7.25. The molecule has 2 rings (SSSR count). The van der Waals surface area contributed by atoms with E-state index in [0.717, 1.165) is 13.2 Å². The molecule has 0 bridgehead atoms. The topological polar surface area (TPSA) is 118 Å². The van der Waals surface area contributed by atoms with Gasteiger partial charge in [0.25, 0.3) is 0 Å². The van der Waals surface area contributed by atoms with Crippen LogP contribution in [0, 0.1) is 0 Å². The number of nitrogens with zero attached hydrogens (tertiary/aromatic N) is 1. The van der Waals surface area contributed by atoms with E-state index in [-0.39, 0.29) is 26.7 Å². The summed E-state index contributed by atoms with van der Waals surface area (Å²) >= 11 is 0. The summed E-state index contributed by atoms with van der Waals surface area (Å²) < 4.78 is 52.8. The van der Waals surface area contributed by atoms with E-state index in [1.807, 2.05) is 20.8 Å². The number of alkyl halides is 3. The summed E-state index contributed by atoms with van der Waals surface area (Å²) in [6.45, 7) is 11.9. The molecule has 2 aliphatic heterocycles. The molecule has 2 atom stereocenters. The molecule has 32 heavy (non-hydrogen) atoms. The first-order valence-electron chi connectivity index (χ1n) is 10.5. The second-order valence-electron chi connectivity index (χ2n) is 7.25. The number of halogens is 3. The Morgan fingerprint density at radius 2 is 1.69 bits per heavy atom. The number of hydrogen-bond donors (Lipinski definition) is 3. The Balaban J connectivity index is -0.000000422. The molecule has 2 heterocycles. The lowest BCUT2D eigenvalue weighted by Crippen LogP contribution is -2.41. The number of carbonyl (C=O) groups is 2. The third kappa shape index (κ3) is 23.2. The average molecular weight is 480 g/mol. The summed E-state index contributed by atoms with van der Waals surface area (Å²) in [5.41, 5.74) is -0.505. The molecule has 0 spiro atoms. The quantitative estimate of drug-likeness (QED) is 0.452. The minimum absolute atomic E-state index is 0. The van der Waals surface area contributed by atoms with Gasteiger partial charge < -0.3 is 34.6 Å². The van der Waals surface area contributed by atoms with Crippen molar-refractivity contribution in [2.75, 3.05) is 52.6 Å². The standard InChI is InChI=1S/C10H19NO4.C5H11NO2.C2HF3O.C2H6.CH4/c1-10(2,3)15-9(13)11-4-5-14-7-8(12)6-11;7-5-3-6-1-2-8-4-5;3-2(4,5)1-6;1-2;/h8,12H,4-7H2,1-3H3;5-7H,1-4H2;1H;1-2H3;1H4/i;;;1D;. The van der Waals surface area contributed by atoms with Crippen LogP contribution in [-0.4, -0.2) is 104 Å². The third-order valence-electron chi connectivity index (χ3n) is 3.15. The number of hydrogen-bond acceptors (Lipinski definition) is 8. The van der Waals surface area contributed by atoms with Gasteiger partial charge in [-0.05, 0) is 20.8 Å². The summed E-state index contributed by atoms with van der Waals surface area (Å²) in [4.78, 5) is 21.8. The van der Waals surface area contributed by atoms with E-state index in [9.17, 15) is 23.1 Å². The van der Waals surface area contributed by atoms with Crippen LogP contribution < -0.4 is 5.32 Å². The van der Waals surface area contributed by atoms with E-state index in [1.165, 1.54) is 4.90 Å². The fraction of sp³-hybridized carbons (Fsp3) is 0.900. The highest BCUT2D eigenvalue weighted by Gasteiger charge is 2.26. The predicted octanol–water partition coefficient (Wildman–Crippen LogP) is 1.99. The Morgan fingerprint density at radius 3 is 2.19 bits per heavy atom. The maximum absolute atomic E-state index is 11.6. The molecule has 2 aliphatic rings. The van der Waals surface area contributed by atoms with Gasteiger partial charge in [0.05, 0.1) is 45.2 Å². The molecule has 0 aromatic rings. The Bertz CT molecular complexity index is 487. The molecular weight excluding hydrogens is 437 g/mol. The van der Waals surface area contributed by atoms with Crippen LogP contribution in [0.5, 0.6) is 0 Å². The fourth-order valence-corrected chi connectivity index (χ4v) is 1.98. The van der Waals surface area contributed by atoms with Gasteiger partial charge in [-0.25, -0.2) is 4.79 Å². The van der Waals surface area contributed by atoms with Gasteiger partial charge in [0, 0.05) is 21.0 Å². The molecule has 9 nitrogen and oxygen atoms in total. The summed E-state index contributed by atoms with van der Waals surface area (Å²) in [6, 6.07) is 0. The number of aliphatic hydroxyl groups is 2. The van der Waals surface area contributed by atoms with Gasteiger partial charge in [-0.2, -0.15) is 13.2 Å². The number of nitrogens with one attached hydrogen (secondary N) is 1. The summed E-state index contributed by atoms with van der Waals surface area (Å²) in [6.07, 6.45) is -7.03. The van der Waals surface area contributed by atoms with Gasteiger partial charge in [0.1, 0.15) is 5.60 Å². The minimum atomic E-state index is -4.64. The van der Waals surface area contributed by atoms with Crippen molar-refractivity contribution in [3.8, 4) is 0 Å². The average Bonchev–Trinajstić information content (AvgIpc) is 3.03. The van der Waals surface area contributed by atoms with E-state index in [4.69, 9.17) is 25.5 Å². The Labute approximate surface area is 190 Å². The van der Waals surface area contributed by atoms with Crippen molar-refractivity contribution < 1.29 is 48.6 Å². The first-order valence-corrected chi connectivity index (χ1v) is 9.78. The van der Waals surface area contributed by atoms with Crippen LogP contribution in [0.2, 0.25) is 0 Å². The SMILES string of the molecule is C.CC(C)(C)OC(=O)N1CCOCC(O)C1.O=CC(F)(F)F.OC1CNCCOC1.[2H]CC. The van der Waals surface area contributed by atoms with Gasteiger partial charge in [-0.15, -0.1) is 0 Å². The van der Waals surface area contributed by atoms with Crippen LogP contribution in [0.4, 0.5) is 18.0 Å². The van der Waals surface area contributed by atoms with Gasteiger partial charge in [-0.3, -0.25) is 4.79 Å². The van der Waals surface area contributed by atoms with Crippen LogP contribution in [0.25, 0.3) is 0 Å². The molecule has 194 valence electrons. The number of amides is 1. The number of β-amino-alcohol motifs (C(OH)–C–C–N with tert-alkyl or cyclic N) is 2. The molecule has 3 N–H and O–H groups in total. The van der Waals surface area contributed by atoms with Gasteiger partial charge in [0.15, 0.2) is 0 Å².